The molecule has 4 heteroatoms. The molecule has 0 heterocycles. The molecule has 0 radical (unpaired) electrons. The first-order chi connectivity index (χ1) is 6.66. The van der Waals surface area contributed by atoms with Crippen LogP contribution < -0.4 is 0 Å². The van der Waals surface area contributed by atoms with Crippen molar-refractivity contribution < 1.29 is 13.3 Å². The van der Waals surface area contributed by atoms with Crippen LogP contribution in [0.5, 0.6) is 0 Å². The molecule has 82 valence electrons. The van der Waals surface area contributed by atoms with Gasteiger partial charge in [-0.05, 0) is 20.8 Å². The number of rotatable bonds is 8. The SMILES string of the molecule is C=CC(=C)[Si](OCC)(OCC)OCC. The summed E-state index contributed by atoms with van der Waals surface area (Å²) in [5, 5.41) is 0.725. The maximum Gasteiger partial charge on any atom is 0.536 e. The minimum Gasteiger partial charge on any atom is -0.370 e. The van der Waals surface area contributed by atoms with Gasteiger partial charge in [-0.2, -0.15) is 0 Å². The summed E-state index contributed by atoms with van der Waals surface area (Å²) in [6.45, 7) is 14.9. The average molecular weight is 216 g/mol. The molecule has 0 unspecified atom stereocenters. The monoisotopic (exact) mass is 216 g/mol. The Labute approximate surface area is 87.7 Å². The molecule has 14 heavy (non-hydrogen) atoms. The van der Waals surface area contributed by atoms with E-state index in [-0.39, 0.29) is 0 Å². The molecule has 0 aromatic heterocycles. The molecule has 0 aromatic rings. The van der Waals surface area contributed by atoms with Crippen LogP contribution in [-0.2, 0) is 13.3 Å². The highest BCUT2D eigenvalue weighted by Gasteiger charge is 2.42. The first-order valence-corrected chi connectivity index (χ1v) is 6.62. The van der Waals surface area contributed by atoms with E-state index in [2.05, 4.69) is 13.2 Å². The van der Waals surface area contributed by atoms with Crippen molar-refractivity contribution in [3.63, 3.8) is 0 Å². The van der Waals surface area contributed by atoms with Crippen LogP contribution in [0.1, 0.15) is 20.8 Å². The second-order valence-corrected chi connectivity index (χ2v) is 5.21. The van der Waals surface area contributed by atoms with Crippen molar-refractivity contribution in [1.82, 2.24) is 0 Å². The van der Waals surface area contributed by atoms with Gasteiger partial charge in [0.15, 0.2) is 0 Å². The van der Waals surface area contributed by atoms with E-state index in [0.29, 0.717) is 19.8 Å². The normalized spacial score (nSPS) is 11.4. The minimum absolute atomic E-state index is 0.555. The highest BCUT2D eigenvalue weighted by Crippen LogP contribution is 2.19. The predicted molar refractivity (Wildman–Crippen MR) is 60.0 cm³/mol. The van der Waals surface area contributed by atoms with Crippen LogP contribution in [0.4, 0.5) is 0 Å². The Balaban J connectivity index is 4.71. The molecule has 0 aromatic carbocycles. The maximum atomic E-state index is 5.59. The molecule has 0 aliphatic rings. The van der Waals surface area contributed by atoms with Crippen LogP contribution in [0, 0.1) is 0 Å². The summed E-state index contributed by atoms with van der Waals surface area (Å²) in [4.78, 5) is 0. The van der Waals surface area contributed by atoms with Crippen molar-refractivity contribution in [2.24, 2.45) is 0 Å². The summed E-state index contributed by atoms with van der Waals surface area (Å²) in [6.07, 6.45) is 1.65. The van der Waals surface area contributed by atoms with Gasteiger partial charge in [-0.3, -0.25) is 0 Å². The van der Waals surface area contributed by atoms with Crippen LogP contribution in [0.25, 0.3) is 0 Å². The van der Waals surface area contributed by atoms with E-state index in [0.717, 1.165) is 5.20 Å². The van der Waals surface area contributed by atoms with Crippen molar-refractivity contribution in [2.75, 3.05) is 19.8 Å². The second-order valence-electron chi connectivity index (χ2n) is 2.58. The van der Waals surface area contributed by atoms with E-state index >= 15 is 0 Å². The summed E-state index contributed by atoms with van der Waals surface area (Å²) in [5.41, 5.74) is 0. The minimum atomic E-state index is -2.71. The fourth-order valence-electron chi connectivity index (χ4n) is 1.10. The van der Waals surface area contributed by atoms with Crippen molar-refractivity contribution >= 4 is 8.80 Å². The third kappa shape index (κ3) is 3.38. The summed E-state index contributed by atoms with van der Waals surface area (Å²) >= 11 is 0. The van der Waals surface area contributed by atoms with Crippen LogP contribution in [0.15, 0.2) is 24.4 Å². The zero-order valence-corrected chi connectivity index (χ0v) is 10.3. The topological polar surface area (TPSA) is 27.7 Å². The van der Waals surface area contributed by atoms with Crippen molar-refractivity contribution in [3.05, 3.63) is 24.4 Å². The zero-order valence-electron chi connectivity index (χ0n) is 9.34. The smallest absolute Gasteiger partial charge is 0.370 e. The average Bonchev–Trinajstić information content (AvgIpc) is 2.17. The molecule has 0 fully saturated rings. The molecular formula is C10H20O3Si. The molecule has 0 bridgehead atoms. The van der Waals surface area contributed by atoms with Crippen molar-refractivity contribution in [3.8, 4) is 0 Å². The van der Waals surface area contributed by atoms with Crippen LogP contribution >= 0.6 is 0 Å². The van der Waals surface area contributed by atoms with E-state index in [1.807, 2.05) is 20.8 Å². The fraction of sp³-hybridized carbons (Fsp3) is 0.600. The van der Waals surface area contributed by atoms with Gasteiger partial charge < -0.3 is 13.3 Å². The molecule has 0 aliphatic carbocycles. The summed E-state index contributed by atoms with van der Waals surface area (Å²) in [5.74, 6) is 0. The Morgan fingerprint density at radius 2 is 1.43 bits per heavy atom. The summed E-state index contributed by atoms with van der Waals surface area (Å²) in [7, 11) is -2.71. The molecule has 0 rings (SSSR count). The number of hydrogen-bond acceptors (Lipinski definition) is 3. The Hall–Kier alpha value is -0.423. The molecule has 3 nitrogen and oxygen atoms in total. The van der Waals surface area contributed by atoms with Gasteiger partial charge in [0.05, 0.1) is 0 Å². The van der Waals surface area contributed by atoms with Gasteiger partial charge in [0.25, 0.3) is 0 Å². The van der Waals surface area contributed by atoms with Crippen molar-refractivity contribution in [1.29, 1.82) is 0 Å². The highest BCUT2D eigenvalue weighted by molar-refractivity contribution is 6.69. The Bertz CT molecular complexity index is 175. The lowest BCUT2D eigenvalue weighted by Crippen LogP contribution is -2.47. The summed E-state index contributed by atoms with van der Waals surface area (Å²) in [6, 6.07) is 0. The second kappa shape index (κ2) is 6.95. The van der Waals surface area contributed by atoms with Gasteiger partial charge >= 0.3 is 8.80 Å². The summed E-state index contributed by atoms with van der Waals surface area (Å²) < 4.78 is 16.8. The molecule has 0 spiro atoms. The molecule has 0 aliphatic heterocycles. The molecular weight excluding hydrogens is 196 g/mol. The van der Waals surface area contributed by atoms with Gasteiger partial charge in [0, 0.05) is 25.0 Å². The third-order valence-electron chi connectivity index (χ3n) is 1.64. The van der Waals surface area contributed by atoms with Gasteiger partial charge in [-0.1, -0.05) is 19.2 Å². The highest BCUT2D eigenvalue weighted by atomic mass is 28.4. The largest absolute Gasteiger partial charge is 0.536 e. The van der Waals surface area contributed by atoms with Crippen LogP contribution in [0.3, 0.4) is 0 Å². The van der Waals surface area contributed by atoms with E-state index in [4.69, 9.17) is 13.3 Å². The van der Waals surface area contributed by atoms with Crippen LogP contribution in [0.2, 0.25) is 0 Å². The Morgan fingerprint density at radius 1 is 1.07 bits per heavy atom. The zero-order chi connectivity index (χ0) is 11.0. The lowest BCUT2D eigenvalue weighted by molar-refractivity contribution is 0.0819. The fourth-order valence-corrected chi connectivity index (χ4v) is 3.29. The van der Waals surface area contributed by atoms with Gasteiger partial charge in [-0.25, -0.2) is 0 Å². The van der Waals surface area contributed by atoms with E-state index < -0.39 is 8.80 Å². The van der Waals surface area contributed by atoms with E-state index in [9.17, 15) is 0 Å². The van der Waals surface area contributed by atoms with Gasteiger partial charge in [-0.15, -0.1) is 0 Å². The molecule has 0 amide bonds. The molecule has 0 saturated heterocycles. The lowest BCUT2D eigenvalue weighted by Gasteiger charge is -2.28. The molecule has 0 atom stereocenters. The first kappa shape index (κ1) is 13.6. The van der Waals surface area contributed by atoms with Gasteiger partial charge in [0.1, 0.15) is 0 Å². The predicted octanol–water partition coefficient (Wildman–Crippen LogP) is 2.32. The van der Waals surface area contributed by atoms with Gasteiger partial charge in [0.2, 0.25) is 0 Å². The van der Waals surface area contributed by atoms with Crippen LogP contribution in [-0.4, -0.2) is 28.6 Å². The first-order valence-electron chi connectivity index (χ1n) is 4.90. The van der Waals surface area contributed by atoms with E-state index in [1.165, 1.54) is 0 Å². The third-order valence-corrected chi connectivity index (χ3v) is 4.64. The van der Waals surface area contributed by atoms with Crippen molar-refractivity contribution in [2.45, 2.75) is 20.8 Å². The quantitative estimate of drug-likeness (QED) is 0.460. The Morgan fingerprint density at radius 3 is 1.64 bits per heavy atom. The van der Waals surface area contributed by atoms with E-state index in [1.54, 1.807) is 6.08 Å². The Kier molecular flexibility index (Phi) is 6.74. The maximum absolute atomic E-state index is 5.59. The standard InChI is InChI=1S/C10H20O3Si/c1-6-10(5)14(11-7-2,12-8-3)13-9-4/h6H,1,5,7-9H2,2-4H3. The number of hydrogen-bond donors (Lipinski definition) is 0. The number of allylic oxidation sites excluding steroid dienone is 2. The lowest BCUT2D eigenvalue weighted by atomic mass is 10.6. The molecule has 0 N–H and O–H groups in total. The molecule has 0 saturated carbocycles.